The van der Waals surface area contributed by atoms with Crippen molar-refractivity contribution in [1.29, 1.82) is 0 Å². The molecule has 0 aromatic carbocycles. The number of rotatable bonds is 56. The van der Waals surface area contributed by atoms with Crippen molar-refractivity contribution >= 4 is 23.9 Å². The lowest BCUT2D eigenvalue weighted by Crippen LogP contribution is -2.61. The van der Waals surface area contributed by atoms with Crippen molar-refractivity contribution in [3.8, 4) is 0 Å². The maximum Gasteiger partial charge on any atom is 0.335 e. The molecule has 1 heterocycles. The predicted octanol–water partition coefficient (Wildman–Crippen LogP) is 17.3. The molecule has 0 aromatic heterocycles. The van der Waals surface area contributed by atoms with Crippen molar-refractivity contribution in [3.63, 3.8) is 0 Å². The van der Waals surface area contributed by atoms with Crippen molar-refractivity contribution < 1.29 is 58.2 Å². The van der Waals surface area contributed by atoms with Crippen LogP contribution in [0.4, 0.5) is 0 Å². The standard InChI is InChI=1S/C67H118O12/c1-4-7-10-13-16-19-22-25-27-29-30-32-33-36-38-41-44-47-50-53-59(68)75-56-58(77-60(69)54-51-48-45-42-39-35-24-21-18-15-12-9-6-3)57-76-67-65(63(72)62(71)64(79-67)66(73)74)78-61(70)55-52-49-46-43-40-37-34-31-28-26-23-20-17-14-11-8-5-2/h16,19,21,24-25,27,30,32,58,62-65,67,71-72H,4-15,17-18,20,22-23,26,28-29,31,33-57H2,1-3H3,(H,73,74)/b19-16-,24-21-,27-25-,32-30-. The number of esters is 3. The quantitative estimate of drug-likeness (QED) is 0.0228. The molecule has 1 rings (SSSR count). The zero-order valence-electron chi connectivity index (χ0n) is 50.6. The smallest absolute Gasteiger partial charge is 0.335 e. The highest BCUT2D eigenvalue weighted by Crippen LogP contribution is 2.27. The van der Waals surface area contributed by atoms with E-state index in [0.29, 0.717) is 19.3 Å². The zero-order valence-corrected chi connectivity index (χ0v) is 50.6. The number of carbonyl (C=O) groups is 4. The first-order chi connectivity index (χ1) is 38.6. The van der Waals surface area contributed by atoms with Gasteiger partial charge >= 0.3 is 23.9 Å². The van der Waals surface area contributed by atoms with Crippen molar-refractivity contribution in [2.75, 3.05) is 13.2 Å². The fourth-order valence-corrected chi connectivity index (χ4v) is 9.84. The maximum atomic E-state index is 13.2. The first-order valence-electron chi connectivity index (χ1n) is 32.6. The Kier molecular flexibility index (Phi) is 51.5. The van der Waals surface area contributed by atoms with Crippen LogP contribution in [-0.4, -0.2) is 89.2 Å². The molecule has 0 radical (unpaired) electrons. The number of ether oxygens (including phenoxy) is 5. The van der Waals surface area contributed by atoms with Crippen LogP contribution in [0, 0.1) is 0 Å². The Hall–Kier alpha value is -3.32. The van der Waals surface area contributed by atoms with Gasteiger partial charge in [0.15, 0.2) is 24.6 Å². The summed E-state index contributed by atoms with van der Waals surface area (Å²) in [6.07, 6.45) is 54.9. The molecule has 0 bridgehead atoms. The average molecular weight is 1120 g/mol. The minimum absolute atomic E-state index is 0.0628. The highest BCUT2D eigenvalue weighted by molar-refractivity contribution is 5.74. The molecule has 0 saturated carbocycles. The van der Waals surface area contributed by atoms with E-state index in [2.05, 4.69) is 69.4 Å². The molecule has 1 saturated heterocycles. The van der Waals surface area contributed by atoms with Gasteiger partial charge < -0.3 is 39.0 Å². The number of aliphatic carboxylic acids is 1. The van der Waals surface area contributed by atoms with Crippen LogP contribution in [0.5, 0.6) is 0 Å². The van der Waals surface area contributed by atoms with Gasteiger partial charge in [0.1, 0.15) is 18.8 Å². The van der Waals surface area contributed by atoms with E-state index in [1.54, 1.807) is 0 Å². The summed E-state index contributed by atoms with van der Waals surface area (Å²) in [4.78, 5) is 51.3. The van der Waals surface area contributed by atoms with E-state index < -0.39 is 67.3 Å². The molecule has 0 aliphatic carbocycles. The minimum atomic E-state index is -1.90. The molecule has 0 aromatic rings. The Morgan fingerprint density at radius 3 is 1.20 bits per heavy atom. The molecule has 12 nitrogen and oxygen atoms in total. The summed E-state index contributed by atoms with van der Waals surface area (Å²) >= 11 is 0. The van der Waals surface area contributed by atoms with Crippen molar-refractivity contribution in [1.82, 2.24) is 0 Å². The summed E-state index contributed by atoms with van der Waals surface area (Å²) in [6.45, 7) is 5.97. The molecule has 6 atom stereocenters. The summed E-state index contributed by atoms with van der Waals surface area (Å²) < 4.78 is 28.5. The summed E-state index contributed by atoms with van der Waals surface area (Å²) in [6, 6.07) is 0. The lowest BCUT2D eigenvalue weighted by molar-refractivity contribution is -0.301. The van der Waals surface area contributed by atoms with E-state index in [4.69, 9.17) is 23.7 Å². The van der Waals surface area contributed by atoms with E-state index in [-0.39, 0.29) is 25.9 Å². The molecule has 1 aliphatic heterocycles. The van der Waals surface area contributed by atoms with Gasteiger partial charge in [-0.2, -0.15) is 0 Å². The first-order valence-corrected chi connectivity index (χ1v) is 32.6. The Labute approximate surface area is 482 Å². The molecular weight excluding hydrogens is 997 g/mol. The molecule has 458 valence electrons. The molecule has 1 aliphatic rings. The van der Waals surface area contributed by atoms with Crippen LogP contribution in [0.25, 0.3) is 0 Å². The van der Waals surface area contributed by atoms with Crippen LogP contribution in [0.15, 0.2) is 48.6 Å². The molecule has 0 amide bonds. The van der Waals surface area contributed by atoms with Crippen LogP contribution in [-0.2, 0) is 42.9 Å². The van der Waals surface area contributed by atoms with Crippen LogP contribution in [0.2, 0.25) is 0 Å². The third kappa shape index (κ3) is 45.0. The molecular formula is C67H118O12. The van der Waals surface area contributed by atoms with Crippen molar-refractivity contribution in [2.24, 2.45) is 0 Å². The number of unbranched alkanes of at least 4 members (excludes halogenated alkanes) is 34. The number of carboxylic acid groups (broad SMARTS) is 1. The highest BCUT2D eigenvalue weighted by atomic mass is 16.7. The van der Waals surface area contributed by atoms with E-state index in [1.807, 2.05) is 0 Å². The van der Waals surface area contributed by atoms with Crippen LogP contribution >= 0.6 is 0 Å². The second-order valence-electron chi connectivity index (χ2n) is 22.4. The molecule has 6 unspecified atom stereocenters. The molecule has 79 heavy (non-hydrogen) atoms. The number of allylic oxidation sites excluding steroid dienone is 8. The molecule has 12 heteroatoms. The Bertz CT molecular complexity index is 1560. The largest absolute Gasteiger partial charge is 0.479 e. The van der Waals surface area contributed by atoms with Crippen LogP contribution in [0.1, 0.15) is 303 Å². The summed E-state index contributed by atoms with van der Waals surface area (Å²) in [7, 11) is 0. The van der Waals surface area contributed by atoms with Gasteiger partial charge in [0.2, 0.25) is 0 Å². The molecule has 0 spiro atoms. The number of aliphatic hydroxyl groups is 2. The monoisotopic (exact) mass is 1110 g/mol. The number of carboxylic acids is 1. The molecule has 1 fully saturated rings. The summed E-state index contributed by atoms with van der Waals surface area (Å²) in [5.41, 5.74) is 0. The third-order valence-electron chi connectivity index (χ3n) is 14.9. The summed E-state index contributed by atoms with van der Waals surface area (Å²) in [5.74, 6) is -3.12. The predicted molar refractivity (Wildman–Crippen MR) is 322 cm³/mol. The van der Waals surface area contributed by atoms with E-state index in [0.717, 1.165) is 116 Å². The first kappa shape index (κ1) is 73.7. The van der Waals surface area contributed by atoms with Gasteiger partial charge in [0, 0.05) is 19.3 Å². The Morgan fingerprint density at radius 1 is 0.418 bits per heavy atom. The van der Waals surface area contributed by atoms with Crippen LogP contribution in [0.3, 0.4) is 0 Å². The van der Waals surface area contributed by atoms with Crippen molar-refractivity contribution in [2.45, 2.75) is 340 Å². The normalized spacial score (nSPS) is 18.1. The maximum absolute atomic E-state index is 13.2. The number of hydrogen-bond acceptors (Lipinski definition) is 11. The number of hydrogen-bond donors (Lipinski definition) is 3. The van der Waals surface area contributed by atoms with Gasteiger partial charge in [-0.3, -0.25) is 14.4 Å². The van der Waals surface area contributed by atoms with Gasteiger partial charge in [0.25, 0.3) is 0 Å². The average Bonchev–Trinajstić information content (AvgIpc) is 3.47. The summed E-state index contributed by atoms with van der Waals surface area (Å²) in [5, 5.41) is 31.6. The number of aliphatic hydroxyl groups excluding tert-OH is 2. The SMILES string of the molecule is CCCCC/C=C\C/C=C\C/C=C\CCCCCCCCC(=O)OCC(COC1OC(C(=O)O)C(O)C(O)C1OC(=O)CCCCCCCCCCCCCCCCCCC)OC(=O)CCCCCCC/C=C\CCCCCC. The second-order valence-corrected chi connectivity index (χ2v) is 22.4. The Morgan fingerprint density at radius 2 is 0.759 bits per heavy atom. The van der Waals surface area contributed by atoms with Crippen molar-refractivity contribution in [3.05, 3.63) is 48.6 Å². The fraction of sp³-hybridized carbons (Fsp3) is 0.821. The van der Waals surface area contributed by atoms with Crippen LogP contribution < -0.4 is 0 Å². The van der Waals surface area contributed by atoms with Gasteiger partial charge in [-0.05, 0) is 83.5 Å². The lowest BCUT2D eigenvalue weighted by Gasteiger charge is -2.40. The third-order valence-corrected chi connectivity index (χ3v) is 14.9. The fourth-order valence-electron chi connectivity index (χ4n) is 9.84. The van der Waals surface area contributed by atoms with E-state index in [9.17, 15) is 34.5 Å². The highest BCUT2D eigenvalue weighted by Gasteiger charge is 2.50. The van der Waals surface area contributed by atoms with Gasteiger partial charge in [0.05, 0.1) is 6.61 Å². The molecule has 3 N–H and O–H groups in total. The van der Waals surface area contributed by atoms with E-state index >= 15 is 0 Å². The second kappa shape index (κ2) is 55.2. The lowest BCUT2D eigenvalue weighted by atomic mass is 9.98. The van der Waals surface area contributed by atoms with Gasteiger partial charge in [-0.15, -0.1) is 0 Å². The Balaban J connectivity index is 2.64. The minimum Gasteiger partial charge on any atom is -0.479 e. The number of carbonyl (C=O) groups excluding carboxylic acids is 3. The van der Waals surface area contributed by atoms with Gasteiger partial charge in [-0.25, -0.2) is 4.79 Å². The van der Waals surface area contributed by atoms with E-state index in [1.165, 1.54) is 128 Å². The zero-order chi connectivity index (χ0) is 57.5. The van der Waals surface area contributed by atoms with Gasteiger partial charge in [-0.1, -0.05) is 249 Å². The topological polar surface area (TPSA) is 175 Å².